The van der Waals surface area contributed by atoms with Crippen LogP contribution in [0.25, 0.3) is 0 Å². The first-order valence-corrected chi connectivity index (χ1v) is 5.05. The van der Waals surface area contributed by atoms with Gasteiger partial charge < -0.3 is 20.3 Å². The fourth-order valence-corrected chi connectivity index (χ4v) is 1.65. The van der Waals surface area contributed by atoms with E-state index in [2.05, 4.69) is 4.98 Å². The molecule has 16 heavy (non-hydrogen) atoms. The van der Waals surface area contributed by atoms with Crippen LogP contribution in [-0.4, -0.2) is 30.9 Å². The van der Waals surface area contributed by atoms with E-state index in [-0.39, 0.29) is 6.54 Å². The molecule has 0 amide bonds. The number of nitrogens with two attached hydrogens (primary N) is 1. The second-order valence-electron chi connectivity index (χ2n) is 3.50. The van der Waals surface area contributed by atoms with Crippen molar-refractivity contribution in [1.29, 1.82) is 0 Å². The molecule has 5 nitrogen and oxygen atoms in total. The van der Waals surface area contributed by atoms with Crippen molar-refractivity contribution in [1.82, 2.24) is 4.98 Å². The third kappa shape index (κ3) is 2.49. The molecular weight excluding hydrogens is 208 g/mol. The first kappa shape index (κ1) is 12.9. The molecule has 0 aliphatic rings. The van der Waals surface area contributed by atoms with Crippen LogP contribution < -0.4 is 10.5 Å². The van der Waals surface area contributed by atoms with Crippen molar-refractivity contribution in [3.63, 3.8) is 0 Å². The highest BCUT2D eigenvalue weighted by molar-refractivity contribution is 5.43. The van der Waals surface area contributed by atoms with Crippen molar-refractivity contribution in [2.45, 2.75) is 19.6 Å². The van der Waals surface area contributed by atoms with Crippen LogP contribution in [0, 0.1) is 6.92 Å². The van der Waals surface area contributed by atoms with Gasteiger partial charge >= 0.3 is 0 Å². The van der Waals surface area contributed by atoms with Gasteiger partial charge in [0.2, 0.25) is 0 Å². The average Bonchev–Trinajstić information content (AvgIpc) is 2.30. The maximum absolute atomic E-state index is 9.88. The molecule has 0 aromatic carbocycles. The van der Waals surface area contributed by atoms with Gasteiger partial charge in [0.25, 0.3) is 0 Å². The lowest BCUT2D eigenvalue weighted by atomic mass is 10.0. The van der Waals surface area contributed by atoms with E-state index in [4.69, 9.17) is 15.2 Å². The Balaban J connectivity index is 3.28. The summed E-state index contributed by atoms with van der Waals surface area (Å²) in [6, 6.07) is 0. The minimum absolute atomic E-state index is 0.135. The minimum Gasteiger partial charge on any atom is -0.494 e. The summed E-state index contributed by atoms with van der Waals surface area (Å²) in [6.07, 6.45) is 0.914. The van der Waals surface area contributed by atoms with Gasteiger partial charge in [-0.2, -0.15) is 0 Å². The molecular formula is C11H18N2O3. The molecule has 0 radical (unpaired) electrons. The van der Waals surface area contributed by atoms with Gasteiger partial charge in [-0.15, -0.1) is 0 Å². The van der Waals surface area contributed by atoms with E-state index in [1.165, 1.54) is 0 Å². The molecule has 1 atom stereocenters. The maximum Gasteiger partial charge on any atom is 0.146 e. The molecule has 0 saturated carbocycles. The van der Waals surface area contributed by atoms with E-state index < -0.39 is 6.10 Å². The topological polar surface area (TPSA) is 77.6 Å². The molecule has 0 spiro atoms. The second-order valence-corrected chi connectivity index (χ2v) is 3.50. The minimum atomic E-state index is -0.762. The largest absolute Gasteiger partial charge is 0.494 e. The molecule has 3 N–H and O–H groups in total. The Morgan fingerprint density at radius 2 is 2.19 bits per heavy atom. The monoisotopic (exact) mass is 226 g/mol. The molecule has 0 unspecified atom stereocenters. The molecule has 5 heteroatoms. The molecule has 0 aliphatic carbocycles. The standard InChI is InChI=1S/C11H18N2O3/c1-7-11(16-3)10(9(14)4-12)8(5-13-7)6-15-2/h5,9,14H,4,6,12H2,1-3H3/t9-/m1/s1. The third-order valence-corrected chi connectivity index (χ3v) is 2.39. The number of nitrogens with zero attached hydrogens (tertiary/aromatic N) is 1. The maximum atomic E-state index is 9.88. The third-order valence-electron chi connectivity index (χ3n) is 2.39. The molecule has 0 saturated heterocycles. The number of ether oxygens (including phenoxy) is 2. The number of aromatic nitrogens is 1. The van der Waals surface area contributed by atoms with Gasteiger partial charge in [0.05, 0.1) is 25.5 Å². The Bertz CT molecular complexity index is 355. The van der Waals surface area contributed by atoms with Crippen LogP contribution >= 0.6 is 0 Å². The fraction of sp³-hybridized carbons (Fsp3) is 0.545. The lowest BCUT2D eigenvalue weighted by Gasteiger charge is -2.18. The number of hydrogen-bond donors (Lipinski definition) is 2. The molecule has 0 fully saturated rings. The summed E-state index contributed by atoms with van der Waals surface area (Å²) in [7, 11) is 3.14. The highest BCUT2D eigenvalue weighted by atomic mass is 16.5. The number of methoxy groups -OCH3 is 2. The quantitative estimate of drug-likeness (QED) is 0.766. The summed E-state index contributed by atoms with van der Waals surface area (Å²) in [6.45, 7) is 2.33. The number of hydrogen-bond acceptors (Lipinski definition) is 5. The van der Waals surface area contributed by atoms with Gasteiger partial charge in [0.15, 0.2) is 0 Å². The molecule has 1 aromatic heterocycles. The van der Waals surface area contributed by atoms with Gasteiger partial charge in [0, 0.05) is 31.0 Å². The normalized spacial score (nSPS) is 12.6. The Kier molecular flexibility index (Phi) is 4.67. The Hall–Kier alpha value is -1.17. The highest BCUT2D eigenvalue weighted by Crippen LogP contribution is 2.30. The van der Waals surface area contributed by atoms with Crippen molar-refractivity contribution in [3.05, 3.63) is 23.0 Å². The van der Waals surface area contributed by atoms with E-state index in [1.807, 2.05) is 6.92 Å². The van der Waals surface area contributed by atoms with Gasteiger partial charge in [-0.25, -0.2) is 0 Å². The fourth-order valence-electron chi connectivity index (χ4n) is 1.65. The zero-order valence-corrected chi connectivity index (χ0v) is 9.86. The predicted molar refractivity (Wildman–Crippen MR) is 60.3 cm³/mol. The van der Waals surface area contributed by atoms with E-state index in [9.17, 15) is 5.11 Å². The molecule has 0 aliphatic heterocycles. The Morgan fingerprint density at radius 3 is 2.69 bits per heavy atom. The van der Waals surface area contributed by atoms with Gasteiger partial charge in [-0.1, -0.05) is 0 Å². The number of pyridine rings is 1. The van der Waals surface area contributed by atoms with E-state index in [0.29, 0.717) is 17.9 Å². The van der Waals surface area contributed by atoms with Gasteiger partial charge in [-0.3, -0.25) is 4.98 Å². The smallest absolute Gasteiger partial charge is 0.146 e. The summed E-state index contributed by atoms with van der Waals surface area (Å²) in [5.74, 6) is 0.576. The van der Waals surface area contributed by atoms with Crippen LogP contribution in [-0.2, 0) is 11.3 Å². The van der Waals surface area contributed by atoms with Gasteiger partial charge in [0.1, 0.15) is 5.75 Å². The second kappa shape index (κ2) is 5.79. The van der Waals surface area contributed by atoms with Crippen molar-refractivity contribution < 1.29 is 14.6 Å². The lowest BCUT2D eigenvalue weighted by molar-refractivity contribution is 0.162. The van der Waals surface area contributed by atoms with E-state index in [1.54, 1.807) is 20.4 Å². The van der Waals surface area contributed by atoms with Crippen LogP contribution in [0.15, 0.2) is 6.20 Å². The Morgan fingerprint density at radius 1 is 1.50 bits per heavy atom. The summed E-state index contributed by atoms with van der Waals surface area (Å²) in [5, 5.41) is 9.88. The average molecular weight is 226 g/mol. The molecule has 90 valence electrons. The van der Waals surface area contributed by atoms with Crippen LogP contribution in [0.4, 0.5) is 0 Å². The van der Waals surface area contributed by atoms with E-state index in [0.717, 1.165) is 11.3 Å². The van der Waals surface area contributed by atoms with Crippen LogP contribution in [0.1, 0.15) is 22.9 Å². The number of aliphatic hydroxyl groups is 1. The zero-order valence-electron chi connectivity index (χ0n) is 9.86. The van der Waals surface area contributed by atoms with Crippen LogP contribution in [0.3, 0.4) is 0 Å². The highest BCUT2D eigenvalue weighted by Gasteiger charge is 2.19. The number of rotatable bonds is 5. The summed E-state index contributed by atoms with van der Waals surface area (Å²) in [5.41, 5.74) is 7.66. The summed E-state index contributed by atoms with van der Waals surface area (Å²) in [4.78, 5) is 4.19. The van der Waals surface area contributed by atoms with Crippen molar-refractivity contribution >= 4 is 0 Å². The Labute approximate surface area is 95.2 Å². The van der Waals surface area contributed by atoms with Crippen molar-refractivity contribution in [2.24, 2.45) is 5.73 Å². The molecule has 1 aromatic rings. The van der Waals surface area contributed by atoms with Gasteiger partial charge in [-0.05, 0) is 6.92 Å². The summed E-state index contributed by atoms with van der Waals surface area (Å²) < 4.78 is 10.3. The predicted octanol–water partition coefficient (Wildman–Crippen LogP) is 0.537. The van der Waals surface area contributed by atoms with Crippen molar-refractivity contribution in [2.75, 3.05) is 20.8 Å². The number of aliphatic hydroxyl groups excluding tert-OH is 1. The molecule has 1 heterocycles. The van der Waals surface area contributed by atoms with Crippen molar-refractivity contribution in [3.8, 4) is 5.75 Å². The zero-order chi connectivity index (χ0) is 12.1. The summed E-state index contributed by atoms with van der Waals surface area (Å²) >= 11 is 0. The first-order chi connectivity index (χ1) is 7.65. The lowest BCUT2D eigenvalue weighted by Crippen LogP contribution is -2.16. The number of aryl methyl sites for hydroxylation is 1. The van der Waals surface area contributed by atoms with Crippen LogP contribution in [0.5, 0.6) is 5.75 Å². The van der Waals surface area contributed by atoms with Crippen LogP contribution in [0.2, 0.25) is 0 Å². The first-order valence-electron chi connectivity index (χ1n) is 5.05. The SMILES string of the molecule is COCc1cnc(C)c(OC)c1[C@H](O)CN. The molecule has 1 rings (SSSR count). The molecule has 0 bridgehead atoms. The van der Waals surface area contributed by atoms with E-state index >= 15 is 0 Å².